The zero-order chi connectivity index (χ0) is 25.3. The lowest BCUT2D eigenvalue weighted by Crippen LogP contribution is -2.38. The highest BCUT2D eigenvalue weighted by molar-refractivity contribution is 6.66. The molecule has 196 valence electrons. The number of hydrogen-bond acceptors (Lipinski definition) is 7. The van der Waals surface area contributed by atoms with Crippen LogP contribution >= 0.6 is 0 Å². The number of allylic oxidation sites excluding steroid dienone is 2. The molecular formula is C25H48N6O3. The number of amidine groups is 2. The third-order valence-corrected chi connectivity index (χ3v) is 5.63. The number of oxime groups is 1. The fourth-order valence-electron chi connectivity index (χ4n) is 3.72. The molecule has 9 nitrogen and oxygen atoms in total. The van der Waals surface area contributed by atoms with Crippen LogP contribution in [0.15, 0.2) is 22.3 Å². The minimum absolute atomic E-state index is 0.106. The lowest BCUT2D eigenvalue weighted by molar-refractivity contribution is -0.107. The first-order valence-electron chi connectivity index (χ1n) is 12.9. The lowest BCUT2D eigenvalue weighted by Gasteiger charge is -2.22. The third kappa shape index (κ3) is 18.2. The van der Waals surface area contributed by atoms with E-state index in [1.807, 2.05) is 5.48 Å². The van der Waals surface area contributed by atoms with Gasteiger partial charge in [-0.05, 0) is 64.6 Å². The van der Waals surface area contributed by atoms with Gasteiger partial charge in [0.15, 0.2) is 11.5 Å². The lowest BCUT2D eigenvalue weighted by atomic mass is 10.1. The first kappa shape index (κ1) is 31.7. The highest BCUT2D eigenvalue weighted by atomic mass is 16.5. The number of carbonyl (C=O) groups is 1. The molecule has 0 saturated heterocycles. The average molecular weight is 481 g/mol. The maximum absolute atomic E-state index is 10.4. The van der Waals surface area contributed by atoms with E-state index in [1.54, 1.807) is 0 Å². The van der Waals surface area contributed by atoms with Gasteiger partial charge in [-0.2, -0.15) is 0 Å². The largest absolute Gasteiger partial charge is 0.410 e. The Balaban J connectivity index is 4.40. The first-order valence-corrected chi connectivity index (χ1v) is 12.9. The highest BCUT2D eigenvalue weighted by Crippen LogP contribution is 2.10. The van der Waals surface area contributed by atoms with Crippen molar-refractivity contribution < 1.29 is 15.2 Å². The van der Waals surface area contributed by atoms with E-state index in [9.17, 15) is 10.0 Å². The molecular weight excluding hydrogens is 432 g/mol. The Hall–Kier alpha value is -2.26. The van der Waals surface area contributed by atoms with E-state index in [0.29, 0.717) is 13.0 Å². The molecule has 0 saturated carbocycles. The maximum atomic E-state index is 10.4. The standard InChI is InChI=1S/C25H48N6O3/c1-2-3-4-5-6-7-8-11-14-19-31(20-15-12-9-10-13-16-22-32)21-17-18-28-25(30-34)23(29-33)24(26)27/h3-4,22,33-34H,2,5-21H2,1H3,(H3,26,27)(H,28,30)/b4-3?,29-23+. The monoisotopic (exact) mass is 480 g/mol. The smallest absolute Gasteiger partial charge is 0.187 e. The molecule has 34 heavy (non-hydrogen) atoms. The van der Waals surface area contributed by atoms with Crippen molar-refractivity contribution >= 4 is 23.7 Å². The number of hydroxylamine groups is 1. The molecule has 0 aliphatic carbocycles. The van der Waals surface area contributed by atoms with Crippen molar-refractivity contribution in [3.63, 3.8) is 0 Å². The molecule has 0 fully saturated rings. The second-order valence-corrected chi connectivity index (χ2v) is 8.56. The van der Waals surface area contributed by atoms with Crippen molar-refractivity contribution in [3.05, 3.63) is 12.2 Å². The molecule has 0 aliphatic rings. The Labute approximate surface area is 206 Å². The van der Waals surface area contributed by atoms with Crippen LogP contribution in [0.5, 0.6) is 0 Å². The molecule has 0 radical (unpaired) electrons. The first-order chi connectivity index (χ1) is 16.6. The van der Waals surface area contributed by atoms with Gasteiger partial charge in [0, 0.05) is 13.0 Å². The van der Waals surface area contributed by atoms with Gasteiger partial charge >= 0.3 is 0 Å². The summed E-state index contributed by atoms with van der Waals surface area (Å²) < 4.78 is 0. The number of aldehydes is 1. The number of nitrogens with two attached hydrogens (primary N) is 1. The number of aliphatic imine (C=N–C) groups is 1. The van der Waals surface area contributed by atoms with E-state index in [4.69, 9.17) is 16.4 Å². The van der Waals surface area contributed by atoms with E-state index >= 15 is 0 Å². The van der Waals surface area contributed by atoms with Crippen molar-refractivity contribution in [3.8, 4) is 0 Å². The molecule has 0 atom stereocenters. The summed E-state index contributed by atoms with van der Waals surface area (Å²) in [4.78, 5) is 17.1. The Morgan fingerprint density at radius 1 is 0.912 bits per heavy atom. The molecule has 0 aromatic rings. The molecule has 0 unspecified atom stereocenters. The second-order valence-electron chi connectivity index (χ2n) is 8.56. The summed E-state index contributed by atoms with van der Waals surface area (Å²) in [6.07, 6.45) is 21.1. The quantitative estimate of drug-likeness (QED) is 0.0273. The van der Waals surface area contributed by atoms with Gasteiger partial charge in [0.1, 0.15) is 12.1 Å². The van der Waals surface area contributed by atoms with Crippen LogP contribution in [0.2, 0.25) is 0 Å². The van der Waals surface area contributed by atoms with Crippen molar-refractivity contribution in [1.82, 2.24) is 10.4 Å². The van der Waals surface area contributed by atoms with E-state index in [1.165, 1.54) is 44.9 Å². The van der Waals surface area contributed by atoms with Crippen LogP contribution in [0.4, 0.5) is 0 Å². The summed E-state index contributed by atoms with van der Waals surface area (Å²) >= 11 is 0. The Kier molecular flexibility index (Phi) is 22.3. The molecule has 0 rings (SSSR count). The van der Waals surface area contributed by atoms with Crippen LogP contribution in [0.1, 0.15) is 96.8 Å². The zero-order valence-corrected chi connectivity index (χ0v) is 21.2. The third-order valence-electron chi connectivity index (χ3n) is 5.63. The molecule has 6 N–H and O–H groups in total. The molecule has 0 aromatic carbocycles. The summed E-state index contributed by atoms with van der Waals surface area (Å²) in [5, 5.41) is 28.4. The molecule has 0 spiro atoms. The summed E-state index contributed by atoms with van der Waals surface area (Å²) in [7, 11) is 0. The van der Waals surface area contributed by atoms with Gasteiger partial charge in [0.2, 0.25) is 0 Å². The van der Waals surface area contributed by atoms with Gasteiger partial charge in [0.05, 0.1) is 0 Å². The summed E-state index contributed by atoms with van der Waals surface area (Å²) in [6.45, 7) is 5.58. The predicted octanol–water partition coefficient (Wildman–Crippen LogP) is 4.67. The molecule has 0 aliphatic heterocycles. The molecule has 0 bridgehead atoms. The van der Waals surface area contributed by atoms with Crippen LogP contribution < -0.4 is 11.2 Å². The van der Waals surface area contributed by atoms with E-state index in [0.717, 1.165) is 64.4 Å². The SMILES string of the molecule is CCC=CCCCCCCCN(CCCCCCCC=O)CCCN=C(NO)/C(=N/O)C(=N)N. The zero-order valence-electron chi connectivity index (χ0n) is 21.2. The van der Waals surface area contributed by atoms with Gasteiger partial charge in [-0.1, -0.05) is 62.8 Å². The number of nitrogens with zero attached hydrogens (tertiary/aromatic N) is 3. The fraction of sp³-hybridized carbons (Fsp3) is 0.760. The number of rotatable bonds is 23. The highest BCUT2D eigenvalue weighted by Gasteiger charge is 2.12. The summed E-state index contributed by atoms with van der Waals surface area (Å²) in [5.74, 6) is -0.579. The van der Waals surface area contributed by atoms with Crippen molar-refractivity contribution in [2.45, 2.75) is 96.8 Å². The Morgan fingerprint density at radius 3 is 2.00 bits per heavy atom. The van der Waals surface area contributed by atoms with Crippen molar-refractivity contribution in [2.75, 3.05) is 26.2 Å². The van der Waals surface area contributed by atoms with Gasteiger partial charge in [-0.15, -0.1) is 0 Å². The van der Waals surface area contributed by atoms with Crippen molar-refractivity contribution in [2.24, 2.45) is 15.9 Å². The van der Waals surface area contributed by atoms with Crippen molar-refractivity contribution in [1.29, 1.82) is 5.41 Å². The van der Waals surface area contributed by atoms with Crippen LogP contribution in [0, 0.1) is 5.41 Å². The maximum Gasteiger partial charge on any atom is 0.187 e. The molecule has 0 heterocycles. The minimum Gasteiger partial charge on any atom is -0.410 e. The number of nitrogens with one attached hydrogen (secondary N) is 2. The van der Waals surface area contributed by atoms with E-state index in [2.05, 4.69) is 34.1 Å². The van der Waals surface area contributed by atoms with Gasteiger partial charge in [-0.3, -0.25) is 21.1 Å². The Bertz CT molecular complexity index is 607. The number of carbonyl (C=O) groups excluding carboxylic acids is 1. The second kappa shape index (κ2) is 23.9. The Morgan fingerprint density at radius 2 is 1.47 bits per heavy atom. The number of hydrogen-bond donors (Lipinski definition) is 5. The normalized spacial score (nSPS) is 12.6. The summed E-state index contributed by atoms with van der Waals surface area (Å²) in [5.41, 5.74) is 6.91. The number of unbranched alkanes of at least 4 members (excludes halogenated alkanes) is 10. The predicted molar refractivity (Wildman–Crippen MR) is 140 cm³/mol. The van der Waals surface area contributed by atoms with E-state index in [-0.39, 0.29) is 11.5 Å². The van der Waals surface area contributed by atoms with Gasteiger partial charge in [-0.25, -0.2) is 0 Å². The average Bonchev–Trinajstić information content (AvgIpc) is 2.83. The molecule has 9 heteroatoms. The van der Waals surface area contributed by atoms with Crippen LogP contribution in [0.25, 0.3) is 0 Å². The van der Waals surface area contributed by atoms with Crippen LogP contribution in [-0.2, 0) is 4.79 Å². The fourth-order valence-corrected chi connectivity index (χ4v) is 3.72. The van der Waals surface area contributed by atoms with Crippen LogP contribution in [-0.4, -0.2) is 65.2 Å². The minimum atomic E-state index is -0.473. The summed E-state index contributed by atoms with van der Waals surface area (Å²) in [6, 6.07) is 0. The van der Waals surface area contributed by atoms with Crippen LogP contribution in [0.3, 0.4) is 0 Å². The molecule has 0 aromatic heterocycles. The van der Waals surface area contributed by atoms with E-state index < -0.39 is 5.84 Å². The van der Waals surface area contributed by atoms with Gasteiger partial charge < -0.3 is 20.6 Å². The topological polar surface area (TPSA) is 147 Å². The molecule has 0 amide bonds. The van der Waals surface area contributed by atoms with Gasteiger partial charge in [0.25, 0.3) is 0 Å².